The van der Waals surface area contributed by atoms with Crippen molar-refractivity contribution in [2.24, 2.45) is 0 Å². The summed E-state index contributed by atoms with van der Waals surface area (Å²) in [4.78, 5) is 15.4. The van der Waals surface area contributed by atoms with Crippen LogP contribution in [0.25, 0.3) is 0 Å². The summed E-state index contributed by atoms with van der Waals surface area (Å²) in [5.74, 6) is 0.712. The number of hydrogen-bond acceptors (Lipinski definition) is 5. The smallest absolute Gasteiger partial charge is 0.255 e. The van der Waals surface area contributed by atoms with Crippen molar-refractivity contribution in [2.45, 2.75) is 11.8 Å². The lowest BCUT2D eigenvalue weighted by Gasteiger charge is -2.04. The summed E-state index contributed by atoms with van der Waals surface area (Å²) in [6, 6.07) is 3.06. The number of nitrogens with two attached hydrogens (primary N) is 1. The summed E-state index contributed by atoms with van der Waals surface area (Å²) >= 11 is 1.46. The fourth-order valence-corrected chi connectivity index (χ4v) is 1.96. The lowest BCUT2D eigenvalue weighted by molar-refractivity contribution is 0.454. The SMILES string of the molecule is Nc1ccc(=O)n(CCSc2ncco2)c1. The highest BCUT2D eigenvalue weighted by molar-refractivity contribution is 7.99. The molecule has 0 unspecified atom stereocenters. The van der Waals surface area contributed by atoms with Gasteiger partial charge in [-0.05, 0) is 6.07 Å². The van der Waals surface area contributed by atoms with Crippen LogP contribution in [0.5, 0.6) is 0 Å². The van der Waals surface area contributed by atoms with Crippen LogP contribution in [0, 0.1) is 0 Å². The zero-order chi connectivity index (χ0) is 11.4. The van der Waals surface area contributed by atoms with Gasteiger partial charge in [0.1, 0.15) is 6.26 Å². The largest absolute Gasteiger partial charge is 0.440 e. The van der Waals surface area contributed by atoms with Crippen LogP contribution in [0.3, 0.4) is 0 Å². The Bertz CT molecular complexity index is 507. The minimum Gasteiger partial charge on any atom is -0.440 e. The predicted octanol–water partition coefficient (Wildman–Crippen LogP) is 1.21. The Morgan fingerprint density at radius 2 is 2.38 bits per heavy atom. The van der Waals surface area contributed by atoms with E-state index >= 15 is 0 Å². The Hall–Kier alpha value is -1.69. The van der Waals surface area contributed by atoms with Gasteiger partial charge in [-0.15, -0.1) is 0 Å². The average molecular weight is 237 g/mol. The number of rotatable bonds is 4. The highest BCUT2D eigenvalue weighted by Crippen LogP contribution is 2.14. The number of aromatic nitrogens is 2. The van der Waals surface area contributed by atoms with Crippen LogP contribution >= 0.6 is 11.8 Å². The summed E-state index contributed by atoms with van der Waals surface area (Å²) in [7, 11) is 0. The summed E-state index contributed by atoms with van der Waals surface area (Å²) in [5, 5.41) is 0.608. The lowest BCUT2D eigenvalue weighted by Crippen LogP contribution is -2.19. The highest BCUT2D eigenvalue weighted by atomic mass is 32.2. The molecule has 0 bridgehead atoms. The van der Waals surface area contributed by atoms with Crippen molar-refractivity contribution < 1.29 is 4.42 Å². The normalized spacial score (nSPS) is 10.5. The van der Waals surface area contributed by atoms with Gasteiger partial charge in [0, 0.05) is 30.2 Å². The minimum atomic E-state index is -0.0535. The molecule has 16 heavy (non-hydrogen) atoms. The van der Waals surface area contributed by atoms with E-state index in [1.165, 1.54) is 24.1 Å². The molecule has 0 amide bonds. The van der Waals surface area contributed by atoms with Gasteiger partial charge in [0.15, 0.2) is 0 Å². The van der Waals surface area contributed by atoms with E-state index in [2.05, 4.69) is 4.98 Å². The third kappa shape index (κ3) is 2.66. The zero-order valence-corrected chi connectivity index (χ0v) is 9.31. The van der Waals surface area contributed by atoms with Crippen LogP contribution in [0.15, 0.2) is 45.2 Å². The molecule has 2 N–H and O–H groups in total. The quantitative estimate of drug-likeness (QED) is 0.809. The maximum absolute atomic E-state index is 11.4. The van der Waals surface area contributed by atoms with Gasteiger partial charge in [0.2, 0.25) is 0 Å². The molecular formula is C10H11N3O2S. The summed E-state index contributed by atoms with van der Waals surface area (Å²) in [6.45, 7) is 0.580. The second-order valence-corrected chi connectivity index (χ2v) is 4.19. The van der Waals surface area contributed by atoms with Gasteiger partial charge in [-0.1, -0.05) is 11.8 Å². The maximum atomic E-state index is 11.4. The van der Waals surface area contributed by atoms with Crippen molar-refractivity contribution in [1.82, 2.24) is 9.55 Å². The Morgan fingerprint density at radius 3 is 3.12 bits per heavy atom. The number of anilines is 1. The van der Waals surface area contributed by atoms with Crippen LogP contribution in [-0.2, 0) is 6.54 Å². The monoisotopic (exact) mass is 237 g/mol. The Kier molecular flexibility index (Phi) is 3.31. The zero-order valence-electron chi connectivity index (χ0n) is 8.50. The first-order chi connectivity index (χ1) is 7.75. The van der Waals surface area contributed by atoms with Crippen LogP contribution < -0.4 is 11.3 Å². The van der Waals surface area contributed by atoms with E-state index in [1.807, 2.05) is 0 Å². The Labute approximate surface area is 96.3 Å². The predicted molar refractivity (Wildman–Crippen MR) is 62.3 cm³/mol. The third-order valence-electron chi connectivity index (χ3n) is 1.97. The van der Waals surface area contributed by atoms with E-state index < -0.39 is 0 Å². The van der Waals surface area contributed by atoms with Crippen LogP contribution in [0.2, 0.25) is 0 Å². The molecule has 0 atom stereocenters. The molecule has 2 heterocycles. The minimum absolute atomic E-state index is 0.0535. The molecule has 2 aromatic rings. The number of pyridine rings is 1. The van der Waals surface area contributed by atoms with Gasteiger partial charge >= 0.3 is 0 Å². The molecule has 84 valence electrons. The molecule has 6 heteroatoms. The molecule has 0 aliphatic heterocycles. The topological polar surface area (TPSA) is 74.1 Å². The van der Waals surface area contributed by atoms with Crippen molar-refractivity contribution in [3.05, 3.63) is 41.1 Å². The molecule has 0 aromatic carbocycles. The van der Waals surface area contributed by atoms with E-state index in [-0.39, 0.29) is 5.56 Å². The Balaban J connectivity index is 1.94. The van der Waals surface area contributed by atoms with Gasteiger partial charge in [-0.2, -0.15) is 0 Å². The van der Waals surface area contributed by atoms with Crippen LogP contribution in [0.1, 0.15) is 0 Å². The number of oxazole rings is 1. The molecule has 0 aliphatic rings. The van der Waals surface area contributed by atoms with Gasteiger partial charge in [0.05, 0.1) is 6.20 Å². The summed E-state index contributed by atoms with van der Waals surface area (Å²) in [5.41, 5.74) is 6.13. The average Bonchev–Trinajstić information content (AvgIpc) is 2.76. The molecule has 0 aliphatic carbocycles. The highest BCUT2D eigenvalue weighted by Gasteiger charge is 2.00. The number of nitrogens with zero attached hydrogens (tertiary/aromatic N) is 2. The van der Waals surface area contributed by atoms with Crippen molar-refractivity contribution in [3.8, 4) is 0 Å². The number of aryl methyl sites for hydroxylation is 1. The van der Waals surface area contributed by atoms with Gasteiger partial charge in [-0.25, -0.2) is 4.98 Å². The van der Waals surface area contributed by atoms with E-state index in [0.717, 1.165) is 0 Å². The van der Waals surface area contributed by atoms with Gasteiger partial charge in [0.25, 0.3) is 10.8 Å². The Morgan fingerprint density at radius 1 is 1.50 bits per heavy atom. The summed E-state index contributed by atoms with van der Waals surface area (Å²) in [6.07, 6.45) is 4.75. The lowest BCUT2D eigenvalue weighted by atomic mass is 10.4. The van der Waals surface area contributed by atoms with Crippen molar-refractivity contribution in [3.63, 3.8) is 0 Å². The van der Waals surface area contributed by atoms with Crippen LogP contribution in [0.4, 0.5) is 5.69 Å². The fourth-order valence-electron chi connectivity index (χ4n) is 1.24. The first-order valence-electron chi connectivity index (χ1n) is 4.74. The standard InChI is InChI=1S/C10H11N3O2S/c11-8-1-2-9(14)13(7-8)4-6-16-10-12-3-5-15-10/h1-3,5,7H,4,6,11H2. The molecule has 5 nitrogen and oxygen atoms in total. The number of hydrogen-bond donors (Lipinski definition) is 1. The molecule has 0 saturated heterocycles. The van der Waals surface area contributed by atoms with E-state index in [0.29, 0.717) is 23.2 Å². The second kappa shape index (κ2) is 4.89. The second-order valence-electron chi connectivity index (χ2n) is 3.14. The van der Waals surface area contributed by atoms with E-state index in [9.17, 15) is 4.79 Å². The molecule has 0 radical (unpaired) electrons. The van der Waals surface area contributed by atoms with Gasteiger partial charge in [-0.3, -0.25) is 4.79 Å². The molecule has 0 spiro atoms. The van der Waals surface area contributed by atoms with Crippen molar-refractivity contribution in [1.29, 1.82) is 0 Å². The molecular weight excluding hydrogens is 226 g/mol. The maximum Gasteiger partial charge on any atom is 0.255 e. The molecule has 0 fully saturated rings. The van der Waals surface area contributed by atoms with Crippen molar-refractivity contribution in [2.75, 3.05) is 11.5 Å². The first-order valence-corrected chi connectivity index (χ1v) is 5.72. The third-order valence-corrected chi connectivity index (χ3v) is 2.81. The molecule has 0 saturated carbocycles. The van der Waals surface area contributed by atoms with E-state index in [1.54, 1.807) is 23.0 Å². The number of thioether (sulfide) groups is 1. The summed E-state index contributed by atoms with van der Waals surface area (Å²) < 4.78 is 6.64. The number of nitrogen functional groups attached to an aromatic ring is 1. The molecule has 2 rings (SSSR count). The fraction of sp³-hybridized carbons (Fsp3) is 0.200. The van der Waals surface area contributed by atoms with Crippen molar-refractivity contribution >= 4 is 17.4 Å². The van der Waals surface area contributed by atoms with Crippen LogP contribution in [-0.4, -0.2) is 15.3 Å². The van der Waals surface area contributed by atoms with Gasteiger partial charge < -0.3 is 14.7 Å². The van der Waals surface area contributed by atoms with E-state index in [4.69, 9.17) is 10.2 Å². The molecule has 2 aromatic heterocycles. The first kappa shape index (κ1) is 10.8.